The van der Waals surface area contributed by atoms with E-state index < -0.39 is 0 Å². The third-order valence-electron chi connectivity index (χ3n) is 5.93. The van der Waals surface area contributed by atoms with Crippen LogP contribution in [-0.2, 0) is 5.41 Å². The summed E-state index contributed by atoms with van der Waals surface area (Å²) in [6, 6.07) is 33.3. The number of hydrogen-bond donors (Lipinski definition) is 1. The minimum atomic E-state index is -0.118. The normalized spacial score (nSPS) is 13.6. The molecule has 142 valence electrons. The Labute approximate surface area is 171 Å². The maximum absolute atomic E-state index is 10.0. The molecule has 0 saturated carbocycles. The number of anilines is 3. The Hall–Kier alpha value is -3.52. The third kappa shape index (κ3) is 2.80. The van der Waals surface area contributed by atoms with Crippen LogP contribution in [0.2, 0.25) is 0 Å². The predicted molar refractivity (Wildman–Crippen MR) is 120 cm³/mol. The van der Waals surface area contributed by atoms with E-state index in [1.54, 1.807) is 6.07 Å². The van der Waals surface area contributed by atoms with Crippen LogP contribution in [0.15, 0.2) is 97.1 Å². The molecule has 29 heavy (non-hydrogen) atoms. The Balaban J connectivity index is 1.70. The van der Waals surface area contributed by atoms with E-state index in [1.165, 1.54) is 16.7 Å². The Morgan fingerprint density at radius 2 is 1.21 bits per heavy atom. The first-order chi connectivity index (χ1) is 14.1. The van der Waals surface area contributed by atoms with Crippen LogP contribution in [0.25, 0.3) is 11.1 Å². The summed E-state index contributed by atoms with van der Waals surface area (Å²) in [7, 11) is 0. The van der Waals surface area contributed by atoms with Gasteiger partial charge in [0, 0.05) is 22.5 Å². The molecule has 0 radical (unpaired) electrons. The van der Waals surface area contributed by atoms with E-state index in [0.29, 0.717) is 5.75 Å². The summed E-state index contributed by atoms with van der Waals surface area (Å²) in [5.41, 5.74) is 8.14. The van der Waals surface area contributed by atoms with Crippen molar-refractivity contribution in [2.24, 2.45) is 0 Å². The van der Waals surface area contributed by atoms with Gasteiger partial charge in [-0.1, -0.05) is 62.4 Å². The molecule has 0 atom stereocenters. The molecule has 0 unspecified atom stereocenters. The highest BCUT2D eigenvalue weighted by atomic mass is 16.3. The Morgan fingerprint density at radius 3 is 1.83 bits per heavy atom. The molecule has 0 fully saturated rings. The van der Waals surface area contributed by atoms with E-state index in [0.717, 1.165) is 22.6 Å². The zero-order valence-electron chi connectivity index (χ0n) is 16.6. The Morgan fingerprint density at radius 1 is 0.586 bits per heavy atom. The largest absolute Gasteiger partial charge is 0.508 e. The highest BCUT2D eigenvalue weighted by Gasteiger charge is 2.36. The minimum Gasteiger partial charge on any atom is -0.508 e. The first-order valence-corrected chi connectivity index (χ1v) is 9.94. The summed E-state index contributed by atoms with van der Waals surface area (Å²) in [6.45, 7) is 4.52. The van der Waals surface area contributed by atoms with Crippen molar-refractivity contribution in [2.75, 3.05) is 4.90 Å². The first kappa shape index (κ1) is 17.6. The molecule has 5 rings (SSSR count). The molecular weight excluding hydrogens is 354 g/mol. The van der Waals surface area contributed by atoms with Crippen LogP contribution >= 0.6 is 0 Å². The number of nitrogens with zero attached hydrogens (tertiary/aromatic N) is 1. The molecule has 4 aromatic rings. The van der Waals surface area contributed by atoms with Gasteiger partial charge in [0.2, 0.25) is 0 Å². The smallest absolute Gasteiger partial charge is 0.116 e. The van der Waals surface area contributed by atoms with Crippen LogP contribution in [0, 0.1) is 0 Å². The highest BCUT2D eigenvalue weighted by molar-refractivity contribution is 5.85. The quantitative estimate of drug-likeness (QED) is 0.409. The van der Waals surface area contributed by atoms with E-state index in [9.17, 15) is 5.11 Å². The molecular formula is C27H23NO. The van der Waals surface area contributed by atoms with Crippen molar-refractivity contribution in [3.8, 4) is 16.9 Å². The fourth-order valence-electron chi connectivity index (χ4n) is 4.47. The average Bonchev–Trinajstić information content (AvgIpc) is 2.96. The predicted octanol–water partition coefficient (Wildman–Crippen LogP) is 7.17. The van der Waals surface area contributed by atoms with Gasteiger partial charge in [0.05, 0.1) is 0 Å². The van der Waals surface area contributed by atoms with Crippen molar-refractivity contribution in [3.63, 3.8) is 0 Å². The first-order valence-electron chi connectivity index (χ1n) is 9.94. The molecule has 0 amide bonds. The molecule has 2 heteroatoms. The second-order valence-corrected chi connectivity index (χ2v) is 8.09. The molecule has 2 nitrogen and oxygen atoms in total. The number of aromatic hydroxyl groups is 1. The number of fused-ring (bicyclic) bond motifs is 3. The number of hydrogen-bond acceptors (Lipinski definition) is 2. The molecule has 0 aliphatic heterocycles. The van der Waals surface area contributed by atoms with Gasteiger partial charge in [-0.3, -0.25) is 0 Å². The van der Waals surface area contributed by atoms with Gasteiger partial charge in [-0.25, -0.2) is 0 Å². The topological polar surface area (TPSA) is 23.5 Å². The average molecular weight is 377 g/mol. The molecule has 0 spiro atoms. The second kappa shape index (κ2) is 6.52. The van der Waals surface area contributed by atoms with Gasteiger partial charge >= 0.3 is 0 Å². The number of para-hydroxylation sites is 2. The Kier molecular flexibility index (Phi) is 3.95. The molecule has 1 aliphatic carbocycles. The summed E-state index contributed by atoms with van der Waals surface area (Å²) in [5.74, 6) is 0.312. The van der Waals surface area contributed by atoms with E-state index in [-0.39, 0.29) is 5.41 Å². The van der Waals surface area contributed by atoms with Gasteiger partial charge < -0.3 is 10.0 Å². The molecule has 0 aromatic heterocycles. The van der Waals surface area contributed by atoms with E-state index in [1.807, 2.05) is 18.2 Å². The van der Waals surface area contributed by atoms with Crippen molar-refractivity contribution in [3.05, 3.63) is 108 Å². The summed E-state index contributed by atoms with van der Waals surface area (Å²) in [5, 5.41) is 10.0. The van der Waals surface area contributed by atoms with Crippen LogP contribution in [0.5, 0.6) is 5.75 Å². The lowest BCUT2D eigenvalue weighted by atomic mass is 9.82. The van der Waals surface area contributed by atoms with Gasteiger partial charge in [-0.15, -0.1) is 0 Å². The van der Waals surface area contributed by atoms with Gasteiger partial charge in [0.25, 0.3) is 0 Å². The van der Waals surface area contributed by atoms with Crippen LogP contribution in [0.3, 0.4) is 0 Å². The fraction of sp³-hybridized carbons (Fsp3) is 0.111. The lowest BCUT2D eigenvalue weighted by molar-refractivity contribution is 0.475. The summed E-state index contributed by atoms with van der Waals surface area (Å²) < 4.78 is 0. The summed E-state index contributed by atoms with van der Waals surface area (Å²) >= 11 is 0. The number of benzene rings is 4. The Bertz CT molecular complexity index is 1140. The minimum absolute atomic E-state index is 0.118. The lowest BCUT2D eigenvalue weighted by Gasteiger charge is -2.28. The number of phenols is 1. The molecule has 4 aromatic carbocycles. The lowest BCUT2D eigenvalue weighted by Crippen LogP contribution is -2.16. The van der Waals surface area contributed by atoms with Crippen molar-refractivity contribution in [2.45, 2.75) is 19.3 Å². The maximum Gasteiger partial charge on any atom is 0.116 e. The van der Waals surface area contributed by atoms with Crippen molar-refractivity contribution in [1.82, 2.24) is 0 Å². The summed E-state index contributed by atoms with van der Waals surface area (Å²) in [4.78, 5) is 2.29. The molecule has 1 N–H and O–H groups in total. The number of phenolic OH excluding ortho intramolecular Hbond substituents is 1. The van der Waals surface area contributed by atoms with Gasteiger partial charge in [-0.05, 0) is 70.8 Å². The fourth-order valence-corrected chi connectivity index (χ4v) is 4.47. The van der Waals surface area contributed by atoms with Crippen molar-refractivity contribution < 1.29 is 5.11 Å². The van der Waals surface area contributed by atoms with Crippen LogP contribution in [0.4, 0.5) is 17.1 Å². The molecule has 0 saturated heterocycles. The van der Waals surface area contributed by atoms with Crippen LogP contribution < -0.4 is 4.90 Å². The second-order valence-electron chi connectivity index (χ2n) is 8.09. The van der Waals surface area contributed by atoms with Gasteiger partial charge in [-0.2, -0.15) is 0 Å². The van der Waals surface area contributed by atoms with Crippen molar-refractivity contribution >= 4 is 17.1 Å². The number of rotatable bonds is 3. The van der Waals surface area contributed by atoms with E-state index in [2.05, 4.69) is 91.5 Å². The molecule has 0 bridgehead atoms. The SMILES string of the molecule is CC1(C)c2ccc(O)cc2-c2ccc(N(c3ccccc3)c3ccccc3)cc21. The van der Waals surface area contributed by atoms with Gasteiger partial charge in [0.15, 0.2) is 0 Å². The third-order valence-corrected chi connectivity index (χ3v) is 5.93. The standard InChI is InChI=1S/C27H23NO/c1-27(2)25-16-14-22(29)18-24(25)23-15-13-21(17-26(23)27)28(19-9-5-3-6-10-19)20-11-7-4-8-12-20/h3-18,29H,1-2H3. The molecule has 1 aliphatic rings. The van der Waals surface area contributed by atoms with Crippen molar-refractivity contribution in [1.29, 1.82) is 0 Å². The highest BCUT2D eigenvalue weighted by Crippen LogP contribution is 2.51. The monoisotopic (exact) mass is 377 g/mol. The molecule has 0 heterocycles. The summed E-state index contributed by atoms with van der Waals surface area (Å²) in [6.07, 6.45) is 0. The van der Waals surface area contributed by atoms with E-state index in [4.69, 9.17) is 0 Å². The maximum atomic E-state index is 10.0. The zero-order chi connectivity index (χ0) is 20.0. The van der Waals surface area contributed by atoms with Crippen LogP contribution in [-0.4, -0.2) is 5.11 Å². The van der Waals surface area contributed by atoms with Crippen LogP contribution in [0.1, 0.15) is 25.0 Å². The zero-order valence-corrected chi connectivity index (χ0v) is 16.6. The van der Waals surface area contributed by atoms with E-state index >= 15 is 0 Å². The van der Waals surface area contributed by atoms with Gasteiger partial charge in [0.1, 0.15) is 5.75 Å².